The van der Waals surface area contributed by atoms with Gasteiger partial charge in [-0.25, -0.2) is 9.36 Å². The van der Waals surface area contributed by atoms with Crippen molar-refractivity contribution in [2.75, 3.05) is 13.1 Å². The molecule has 1 amide bonds. The minimum atomic E-state index is 0. The van der Waals surface area contributed by atoms with E-state index in [1.165, 1.54) is 6.42 Å². The largest absolute Gasteiger partial charge is 1.00 e. The van der Waals surface area contributed by atoms with Crippen molar-refractivity contribution in [3.63, 3.8) is 0 Å². The molecule has 0 N–H and O–H groups in total. The first kappa shape index (κ1) is 14.5. The van der Waals surface area contributed by atoms with Gasteiger partial charge >= 0.3 is 6.03 Å². The Kier molecular flexibility index (Phi) is 5.42. The lowest BCUT2D eigenvalue weighted by Gasteiger charge is -2.29. The van der Waals surface area contributed by atoms with Gasteiger partial charge in [0.25, 0.3) is 6.33 Å². The minimum Gasteiger partial charge on any atom is -1.00 e. The van der Waals surface area contributed by atoms with Gasteiger partial charge in [-0.05, 0) is 18.8 Å². The molecule has 1 saturated heterocycles. The summed E-state index contributed by atoms with van der Waals surface area (Å²) >= 11 is 0. The van der Waals surface area contributed by atoms with Gasteiger partial charge in [0.2, 0.25) is 0 Å². The van der Waals surface area contributed by atoms with Crippen LogP contribution in [-0.2, 0) is 7.05 Å². The Morgan fingerprint density at radius 2 is 2.06 bits per heavy atom. The molecule has 1 aliphatic heterocycles. The van der Waals surface area contributed by atoms with E-state index < -0.39 is 0 Å². The number of nitrogens with zero attached hydrogens (tertiary/aromatic N) is 3. The number of likely N-dealkylation sites (tertiary alicyclic amines) is 1. The summed E-state index contributed by atoms with van der Waals surface area (Å²) < 4.78 is 3.54. The molecule has 2 rings (SSSR count). The molecule has 1 aromatic rings. The van der Waals surface area contributed by atoms with Crippen LogP contribution in [0.4, 0.5) is 4.79 Å². The van der Waals surface area contributed by atoms with E-state index in [0.717, 1.165) is 31.8 Å². The lowest BCUT2D eigenvalue weighted by atomic mass is 9.95. The van der Waals surface area contributed by atoms with E-state index in [1.54, 1.807) is 4.57 Å². The molecule has 1 aromatic heterocycles. The smallest absolute Gasteiger partial charge is 0.415 e. The van der Waals surface area contributed by atoms with Crippen LogP contribution in [0.15, 0.2) is 18.7 Å². The van der Waals surface area contributed by atoms with Crippen LogP contribution in [0.2, 0.25) is 0 Å². The Morgan fingerprint density at radius 1 is 1.41 bits per heavy atom. The summed E-state index contributed by atoms with van der Waals surface area (Å²) in [5, 5.41) is 0. The summed E-state index contributed by atoms with van der Waals surface area (Å²) in [6.45, 7) is 4.03. The topological polar surface area (TPSA) is 29.1 Å². The quantitative estimate of drug-likeness (QED) is 0.444. The highest BCUT2D eigenvalue weighted by Gasteiger charge is 2.25. The van der Waals surface area contributed by atoms with Crippen LogP contribution in [0.5, 0.6) is 0 Å². The van der Waals surface area contributed by atoms with Gasteiger partial charge in [-0.2, -0.15) is 4.57 Å². The molecule has 0 aromatic carbocycles. The highest BCUT2D eigenvalue weighted by atomic mass is 127. The molecule has 1 fully saturated rings. The van der Waals surface area contributed by atoms with Crippen molar-refractivity contribution in [3.8, 4) is 0 Å². The summed E-state index contributed by atoms with van der Waals surface area (Å²) in [5.74, 6) is 0.810. The van der Waals surface area contributed by atoms with Crippen LogP contribution in [0, 0.1) is 5.92 Å². The number of rotatable bonds is 1. The maximum Gasteiger partial charge on any atom is 0.415 e. The minimum absolute atomic E-state index is 0. The average molecular weight is 349 g/mol. The number of imidazole rings is 1. The predicted octanol–water partition coefficient (Wildman–Crippen LogP) is -1.59. The van der Waals surface area contributed by atoms with E-state index in [4.69, 9.17) is 0 Å². The number of carbonyl (C=O) groups excluding carboxylic acids is 1. The molecule has 2 heterocycles. The number of hydrogen-bond donors (Lipinski definition) is 0. The summed E-state index contributed by atoms with van der Waals surface area (Å²) in [6.07, 6.45) is 9.05. The molecule has 96 valence electrons. The standard InChI is InChI=1S/C12H20N3O.HI/c1-3-11-4-6-14(7-5-11)12(16)15-9-8-13(2)10-15;/h8-11H,3-7H2,1-2H3;1H/q+1;/p-1. The third-order valence-electron chi connectivity index (χ3n) is 3.45. The van der Waals surface area contributed by atoms with Crippen molar-refractivity contribution >= 4 is 6.03 Å². The lowest BCUT2D eigenvalue weighted by Crippen LogP contribution is -3.00. The van der Waals surface area contributed by atoms with Gasteiger partial charge in [0.05, 0.1) is 7.05 Å². The van der Waals surface area contributed by atoms with Gasteiger partial charge in [0.1, 0.15) is 12.4 Å². The maximum atomic E-state index is 12.1. The molecule has 1 aliphatic rings. The Labute approximate surface area is 120 Å². The van der Waals surface area contributed by atoms with E-state index in [9.17, 15) is 4.79 Å². The van der Waals surface area contributed by atoms with Crippen molar-refractivity contribution in [3.05, 3.63) is 18.7 Å². The Morgan fingerprint density at radius 3 is 2.53 bits per heavy atom. The van der Waals surface area contributed by atoms with Crippen molar-refractivity contribution in [1.29, 1.82) is 0 Å². The fourth-order valence-electron chi connectivity index (χ4n) is 2.26. The van der Waals surface area contributed by atoms with E-state index >= 15 is 0 Å². The van der Waals surface area contributed by atoms with Crippen molar-refractivity contribution < 1.29 is 33.3 Å². The number of halogens is 1. The zero-order valence-corrected chi connectivity index (χ0v) is 12.6. The van der Waals surface area contributed by atoms with Crippen molar-refractivity contribution in [2.45, 2.75) is 26.2 Å². The van der Waals surface area contributed by atoms with Gasteiger partial charge < -0.3 is 28.9 Å². The van der Waals surface area contributed by atoms with Crippen LogP contribution in [0.3, 0.4) is 0 Å². The highest BCUT2D eigenvalue weighted by molar-refractivity contribution is 5.76. The lowest BCUT2D eigenvalue weighted by molar-refractivity contribution is -0.670. The van der Waals surface area contributed by atoms with Crippen LogP contribution in [0.25, 0.3) is 0 Å². The molecular formula is C12H20IN3O. The summed E-state index contributed by atoms with van der Waals surface area (Å²) in [7, 11) is 1.92. The van der Waals surface area contributed by atoms with E-state index in [-0.39, 0.29) is 30.0 Å². The molecule has 0 saturated carbocycles. The molecular weight excluding hydrogens is 329 g/mol. The number of hydrogen-bond acceptors (Lipinski definition) is 1. The monoisotopic (exact) mass is 349 g/mol. The molecule has 0 atom stereocenters. The normalized spacial score (nSPS) is 16.7. The second-order valence-electron chi connectivity index (χ2n) is 4.61. The highest BCUT2D eigenvalue weighted by Crippen LogP contribution is 2.20. The van der Waals surface area contributed by atoms with E-state index in [2.05, 4.69) is 6.92 Å². The van der Waals surface area contributed by atoms with Crippen molar-refractivity contribution in [2.24, 2.45) is 13.0 Å². The summed E-state index contributed by atoms with van der Waals surface area (Å²) in [5.41, 5.74) is 0. The van der Waals surface area contributed by atoms with E-state index in [0.29, 0.717) is 0 Å². The number of piperidine rings is 1. The fourth-order valence-corrected chi connectivity index (χ4v) is 2.26. The Bertz CT molecular complexity index is 370. The molecule has 0 unspecified atom stereocenters. The zero-order chi connectivity index (χ0) is 11.5. The molecule has 5 heteroatoms. The molecule has 0 bridgehead atoms. The first-order chi connectivity index (χ1) is 7.70. The van der Waals surface area contributed by atoms with Crippen LogP contribution in [-0.4, -0.2) is 28.6 Å². The molecule has 0 aliphatic carbocycles. The second-order valence-corrected chi connectivity index (χ2v) is 4.61. The van der Waals surface area contributed by atoms with E-state index in [1.807, 2.05) is 35.2 Å². The average Bonchev–Trinajstić information content (AvgIpc) is 2.75. The molecule has 4 nitrogen and oxygen atoms in total. The number of aryl methyl sites for hydroxylation is 1. The predicted molar refractivity (Wildman–Crippen MR) is 61.0 cm³/mol. The maximum absolute atomic E-state index is 12.1. The SMILES string of the molecule is CCC1CCN(C(=O)n2cc[n+](C)c2)CC1.[I-]. The summed E-state index contributed by atoms with van der Waals surface area (Å²) in [6, 6.07) is 0.107. The Balaban J connectivity index is 0.00000144. The molecule has 17 heavy (non-hydrogen) atoms. The third kappa shape index (κ3) is 3.43. The number of aromatic nitrogens is 2. The van der Waals surface area contributed by atoms with Gasteiger partial charge in [0, 0.05) is 13.1 Å². The third-order valence-corrected chi connectivity index (χ3v) is 3.45. The molecule has 0 radical (unpaired) electrons. The fraction of sp³-hybridized carbons (Fsp3) is 0.667. The van der Waals surface area contributed by atoms with Crippen LogP contribution >= 0.6 is 0 Å². The van der Waals surface area contributed by atoms with Gasteiger partial charge in [-0.15, -0.1) is 0 Å². The van der Waals surface area contributed by atoms with Crippen molar-refractivity contribution in [1.82, 2.24) is 9.47 Å². The second kappa shape index (κ2) is 6.37. The zero-order valence-electron chi connectivity index (χ0n) is 10.5. The summed E-state index contributed by atoms with van der Waals surface area (Å²) in [4.78, 5) is 14.0. The first-order valence-electron chi connectivity index (χ1n) is 6.03. The van der Waals surface area contributed by atoms with Gasteiger partial charge in [0.15, 0.2) is 0 Å². The van der Waals surface area contributed by atoms with Crippen LogP contribution < -0.4 is 28.5 Å². The van der Waals surface area contributed by atoms with Gasteiger partial charge in [-0.3, -0.25) is 0 Å². The van der Waals surface area contributed by atoms with Crippen LogP contribution in [0.1, 0.15) is 26.2 Å². The first-order valence-corrected chi connectivity index (χ1v) is 6.03. The number of carbonyl (C=O) groups is 1. The Hall–Kier alpha value is -0.590. The number of amides is 1. The molecule has 0 spiro atoms. The van der Waals surface area contributed by atoms with Gasteiger partial charge in [-0.1, -0.05) is 13.3 Å².